The highest BCUT2D eigenvalue weighted by Crippen LogP contribution is 2.35. The van der Waals surface area contributed by atoms with Crippen LogP contribution in [0.25, 0.3) is 16.9 Å². The summed E-state index contributed by atoms with van der Waals surface area (Å²) in [6.07, 6.45) is 2.83. The van der Waals surface area contributed by atoms with Gasteiger partial charge < -0.3 is 16.6 Å². The summed E-state index contributed by atoms with van der Waals surface area (Å²) in [5.74, 6) is -0.404. The van der Waals surface area contributed by atoms with Gasteiger partial charge in [-0.1, -0.05) is 12.1 Å². The number of nitrogens with zero attached hydrogens (tertiary/aromatic N) is 2. The highest BCUT2D eigenvalue weighted by atomic mass is 16.3. The van der Waals surface area contributed by atoms with Gasteiger partial charge in [0.15, 0.2) is 0 Å². The number of anilines is 1. The Kier molecular flexibility index (Phi) is 4.21. The molecule has 0 atom stereocenters. The van der Waals surface area contributed by atoms with Gasteiger partial charge in [0.25, 0.3) is 11.5 Å². The zero-order valence-corrected chi connectivity index (χ0v) is 14.4. The summed E-state index contributed by atoms with van der Waals surface area (Å²) in [6.45, 7) is 3.47. The Bertz CT molecular complexity index is 1070. The predicted octanol–water partition coefficient (Wildman–Crippen LogP) is 1.90. The fourth-order valence-electron chi connectivity index (χ4n) is 2.95. The number of amides is 1. The minimum absolute atomic E-state index is 0.00685. The number of carbonyl (C=O) groups is 1. The number of aryl methyl sites for hydroxylation is 1. The predicted molar refractivity (Wildman–Crippen MR) is 99.3 cm³/mol. The van der Waals surface area contributed by atoms with Gasteiger partial charge in [-0.05, 0) is 48.7 Å². The molecule has 0 bridgehead atoms. The second-order valence-electron chi connectivity index (χ2n) is 5.96. The molecule has 2 heterocycles. The third kappa shape index (κ3) is 2.69. The van der Waals surface area contributed by atoms with E-state index in [4.69, 9.17) is 11.5 Å². The Balaban J connectivity index is 2.47. The van der Waals surface area contributed by atoms with Crippen molar-refractivity contribution in [2.24, 2.45) is 5.73 Å². The molecule has 3 rings (SSSR count). The van der Waals surface area contributed by atoms with Gasteiger partial charge in [-0.2, -0.15) is 0 Å². The first-order valence-corrected chi connectivity index (χ1v) is 7.88. The monoisotopic (exact) mass is 350 g/mol. The number of rotatable bonds is 3. The first-order valence-electron chi connectivity index (χ1n) is 7.88. The number of nitrogens with two attached hydrogens (primary N) is 2. The smallest absolute Gasteiger partial charge is 0.266 e. The lowest BCUT2D eigenvalue weighted by molar-refractivity contribution is 0.100. The number of aromatic hydroxyl groups is 1. The summed E-state index contributed by atoms with van der Waals surface area (Å²) in [4.78, 5) is 29.2. The lowest BCUT2D eigenvalue weighted by Gasteiger charge is -2.17. The zero-order valence-electron chi connectivity index (χ0n) is 14.4. The molecule has 1 amide bonds. The van der Waals surface area contributed by atoms with Crippen molar-refractivity contribution in [3.05, 3.63) is 69.8 Å². The molecule has 0 radical (unpaired) electrons. The normalized spacial score (nSPS) is 10.7. The van der Waals surface area contributed by atoms with E-state index < -0.39 is 11.5 Å². The zero-order chi connectivity index (χ0) is 19.0. The van der Waals surface area contributed by atoms with Gasteiger partial charge in [0.2, 0.25) is 0 Å². The molecule has 2 aromatic heterocycles. The number of aromatic nitrogens is 2. The average Bonchev–Trinajstić information content (AvgIpc) is 2.61. The fraction of sp³-hybridized carbons (Fsp3) is 0.105. The van der Waals surface area contributed by atoms with Crippen molar-refractivity contribution < 1.29 is 9.90 Å². The van der Waals surface area contributed by atoms with Gasteiger partial charge in [-0.3, -0.25) is 14.2 Å². The molecule has 7 nitrogen and oxygen atoms in total. The van der Waals surface area contributed by atoms with Crippen LogP contribution in [0.1, 0.15) is 21.5 Å². The Labute approximate surface area is 149 Å². The van der Waals surface area contributed by atoms with E-state index in [1.54, 1.807) is 44.2 Å². The number of phenols is 1. The first kappa shape index (κ1) is 17.2. The van der Waals surface area contributed by atoms with Crippen molar-refractivity contribution in [3.63, 3.8) is 0 Å². The molecule has 3 aromatic rings. The average molecular weight is 350 g/mol. The van der Waals surface area contributed by atoms with Crippen LogP contribution in [0.15, 0.2) is 47.5 Å². The van der Waals surface area contributed by atoms with E-state index in [1.165, 1.54) is 17.0 Å². The van der Waals surface area contributed by atoms with Crippen LogP contribution >= 0.6 is 0 Å². The molecule has 132 valence electrons. The minimum atomic E-state index is -0.760. The summed E-state index contributed by atoms with van der Waals surface area (Å²) in [5.41, 5.74) is 12.9. The Morgan fingerprint density at radius 1 is 1.15 bits per heavy atom. The van der Waals surface area contributed by atoms with Gasteiger partial charge in [-0.25, -0.2) is 4.98 Å². The van der Waals surface area contributed by atoms with Crippen molar-refractivity contribution >= 4 is 11.6 Å². The maximum atomic E-state index is 13.2. The second kappa shape index (κ2) is 6.36. The van der Waals surface area contributed by atoms with Crippen LogP contribution in [0.3, 0.4) is 0 Å². The third-order valence-corrected chi connectivity index (χ3v) is 4.31. The van der Waals surface area contributed by atoms with Crippen LogP contribution in [-0.4, -0.2) is 20.6 Å². The highest BCUT2D eigenvalue weighted by Gasteiger charge is 2.22. The topological polar surface area (TPSA) is 124 Å². The number of benzene rings is 1. The molecule has 26 heavy (non-hydrogen) atoms. The van der Waals surface area contributed by atoms with Gasteiger partial charge in [0.05, 0.1) is 16.8 Å². The molecule has 0 aliphatic carbocycles. The third-order valence-electron chi connectivity index (χ3n) is 4.31. The van der Waals surface area contributed by atoms with Crippen LogP contribution in [0, 0.1) is 13.8 Å². The quantitative estimate of drug-likeness (QED) is 0.665. The molecular weight excluding hydrogens is 332 g/mol. The number of nitrogen functional groups attached to an aromatic ring is 1. The summed E-state index contributed by atoms with van der Waals surface area (Å²) < 4.78 is 1.23. The van der Waals surface area contributed by atoms with Crippen LogP contribution in [0.5, 0.6) is 5.75 Å². The lowest BCUT2D eigenvalue weighted by atomic mass is 9.93. The number of phenolic OH excluding ortho intramolecular Hbond substituents is 1. The highest BCUT2D eigenvalue weighted by molar-refractivity contribution is 6.01. The number of hydrogen-bond donors (Lipinski definition) is 3. The largest absolute Gasteiger partial charge is 0.508 e. The fourth-order valence-corrected chi connectivity index (χ4v) is 2.95. The van der Waals surface area contributed by atoms with Crippen LogP contribution in [0.2, 0.25) is 0 Å². The number of carbonyl (C=O) groups excluding carboxylic acids is 1. The summed E-state index contributed by atoms with van der Waals surface area (Å²) >= 11 is 0. The molecule has 1 aromatic carbocycles. The maximum Gasteiger partial charge on any atom is 0.266 e. The van der Waals surface area contributed by atoms with Crippen LogP contribution < -0.4 is 17.0 Å². The van der Waals surface area contributed by atoms with E-state index in [-0.39, 0.29) is 22.6 Å². The molecule has 0 aliphatic heterocycles. The maximum absolute atomic E-state index is 13.2. The van der Waals surface area contributed by atoms with Crippen molar-refractivity contribution in [1.29, 1.82) is 0 Å². The molecule has 5 N–H and O–H groups in total. The van der Waals surface area contributed by atoms with Crippen molar-refractivity contribution in [1.82, 2.24) is 9.55 Å². The summed E-state index contributed by atoms with van der Waals surface area (Å²) in [5, 5.41) is 10.1. The van der Waals surface area contributed by atoms with Gasteiger partial charge in [0, 0.05) is 12.4 Å². The summed E-state index contributed by atoms with van der Waals surface area (Å²) in [6, 6.07) is 8.29. The molecule has 0 unspecified atom stereocenters. The van der Waals surface area contributed by atoms with E-state index in [0.717, 1.165) is 5.56 Å². The standard InChI is InChI=1S/C19H18N4O3/c1-10-6-7-13(24)11(2)15(10)16-17(20)12(18(21)25)9-23(19(16)26)14-5-3-4-8-22-14/h3-9,24H,20H2,1-2H3,(H2,21,25). The lowest BCUT2D eigenvalue weighted by Crippen LogP contribution is -2.27. The van der Waals surface area contributed by atoms with Gasteiger partial charge in [0.1, 0.15) is 11.6 Å². The van der Waals surface area contributed by atoms with Crippen LogP contribution in [0.4, 0.5) is 5.69 Å². The molecule has 0 aliphatic rings. The molecule has 7 heteroatoms. The van der Waals surface area contributed by atoms with E-state index in [9.17, 15) is 14.7 Å². The number of primary amides is 1. The molecule has 0 saturated heterocycles. The molecular formula is C19H18N4O3. The van der Waals surface area contributed by atoms with Gasteiger partial charge >= 0.3 is 0 Å². The van der Waals surface area contributed by atoms with Crippen molar-refractivity contribution in [2.75, 3.05) is 5.73 Å². The SMILES string of the molecule is Cc1ccc(O)c(C)c1-c1c(N)c(C(N)=O)cn(-c2ccccn2)c1=O. The van der Waals surface area contributed by atoms with E-state index in [0.29, 0.717) is 16.9 Å². The van der Waals surface area contributed by atoms with Crippen LogP contribution in [-0.2, 0) is 0 Å². The molecule has 0 fully saturated rings. The van der Waals surface area contributed by atoms with E-state index in [2.05, 4.69) is 4.98 Å². The molecule has 0 spiro atoms. The van der Waals surface area contributed by atoms with Crippen molar-refractivity contribution in [2.45, 2.75) is 13.8 Å². The minimum Gasteiger partial charge on any atom is -0.508 e. The van der Waals surface area contributed by atoms with E-state index >= 15 is 0 Å². The van der Waals surface area contributed by atoms with Crippen molar-refractivity contribution in [3.8, 4) is 22.7 Å². The second-order valence-corrected chi connectivity index (χ2v) is 5.96. The Morgan fingerprint density at radius 2 is 1.88 bits per heavy atom. The Morgan fingerprint density at radius 3 is 2.50 bits per heavy atom. The molecule has 0 saturated carbocycles. The van der Waals surface area contributed by atoms with Gasteiger partial charge in [-0.15, -0.1) is 0 Å². The number of hydrogen-bond acceptors (Lipinski definition) is 5. The summed E-state index contributed by atoms with van der Waals surface area (Å²) in [7, 11) is 0. The van der Waals surface area contributed by atoms with E-state index in [1.807, 2.05) is 0 Å². The first-order chi connectivity index (χ1) is 12.3. The number of pyridine rings is 2. The Hall–Kier alpha value is -3.61.